The van der Waals surface area contributed by atoms with Crippen molar-refractivity contribution in [2.24, 2.45) is 0 Å². The molecule has 0 spiro atoms. The van der Waals surface area contributed by atoms with E-state index in [2.05, 4.69) is 35.1 Å². The van der Waals surface area contributed by atoms with Crippen LogP contribution in [0.1, 0.15) is 25.3 Å². The van der Waals surface area contributed by atoms with Gasteiger partial charge in [-0.25, -0.2) is 0 Å². The van der Waals surface area contributed by atoms with Crippen LogP contribution in [-0.4, -0.2) is 10.5 Å². The molecule has 0 aliphatic rings. The van der Waals surface area contributed by atoms with E-state index in [1.807, 2.05) is 24.3 Å². The minimum atomic E-state index is -0.226. The molecule has 0 saturated heterocycles. The topological polar surface area (TPSA) is 51.1 Å². The Labute approximate surface area is 131 Å². The Morgan fingerprint density at radius 1 is 1.29 bits per heavy atom. The molecule has 1 heterocycles. The maximum Gasteiger partial charge on any atom is 0.251 e. The average molecular weight is 349 g/mol. The van der Waals surface area contributed by atoms with E-state index in [-0.39, 0.29) is 18.0 Å². The van der Waals surface area contributed by atoms with Gasteiger partial charge in [0, 0.05) is 22.4 Å². The van der Waals surface area contributed by atoms with Crippen LogP contribution in [0.5, 0.6) is 0 Å². The minimum Gasteiger partial charge on any atom is -0.325 e. The van der Waals surface area contributed by atoms with Crippen molar-refractivity contribution in [3.05, 3.63) is 63.0 Å². The molecule has 0 radical (unpaired) electrons. The zero-order valence-electron chi connectivity index (χ0n) is 12.0. The second-order valence-electron chi connectivity index (χ2n) is 5.14. The second kappa shape index (κ2) is 6.72. The van der Waals surface area contributed by atoms with Gasteiger partial charge in [0.25, 0.3) is 5.56 Å². The van der Waals surface area contributed by atoms with Crippen molar-refractivity contribution >= 4 is 27.5 Å². The molecule has 4 nitrogen and oxygen atoms in total. The molecule has 0 unspecified atom stereocenters. The number of amides is 1. The van der Waals surface area contributed by atoms with Gasteiger partial charge in [0.2, 0.25) is 5.91 Å². The van der Waals surface area contributed by atoms with Gasteiger partial charge in [-0.1, -0.05) is 26.0 Å². The van der Waals surface area contributed by atoms with Gasteiger partial charge in [0.15, 0.2) is 0 Å². The van der Waals surface area contributed by atoms with Gasteiger partial charge >= 0.3 is 0 Å². The van der Waals surface area contributed by atoms with E-state index in [9.17, 15) is 9.59 Å². The second-order valence-corrected chi connectivity index (χ2v) is 6.06. The van der Waals surface area contributed by atoms with Crippen LogP contribution >= 0.6 is 15.9 Å². The standard InChI is InChI=1S/C16H17BrN2O2/c1-11(2)12-4-3-5-14(8-12)18-15(20)10-19-9-13(17)6-7-16(19)21/h3-9,11H,10H2,1-2H3,(H,18,20). The highest BCUT2D eigenvalue weighted by atomic mass is 79.9. The summed E-state index contributed by atoms with van der Waals surface area (Å²) in [5.74, 6) is 0.172. The van der Waals surface area contributed by atoms with E-state index in [0.717, 1.165) is 15.7 Å². The normalized spacial score (nSPS) is 10.7. The highest BCUT2D eigenvalue weighted by Crippen LogP contribution is 2.18. The minimum absolute atomic E-state index is 0.00974. The molecule has 2 aromatic rings. The van der Waals surface area contributed by atoms with Gasteiger partial charge in [0.1, 0.15) is 6.54 Å². The predicted molar refractivity (Wildman–Crippen MR) is 87.6 cm³/mol. The summed E-state index contributed by atoms with van der Waals surface area (Å²) in [4.78, 5) is 23.7. The first-order valence-electron chi connectivity index (χ1n) is 6.71. The SMILES string of the molecule is CC(C)c1cccc(NC(=O)Cn2cc(Br)ccc2=O)c1. The van der Waals surface area contributed by atoms with E-state index < -0.39 is 0 Å². The maximum absolute atomic E-state index is 12.0. The maximum atomic E-state index is 12.0. The van der Waals surface area contributed by atoms with Gasteiger partial charge in [0.05, 0.1) is 0 Å². The molecule has 1 aromatic carbocycles. The monoisotopic (exact) mass is 348 g/mol. The third-order valence-electron chi connectivity index (χ3n) is 3.10. The lowest BCUT2D eigenvalue weighted by atomic mass is 10.0. The summed E-state index contributed by atoms with van der Waals surface area (Å²) in [7, 11) is 0. The quantitative estimate of drug-likeness (QED) is 0.920. The number of halogens is 1. The highest BCUT2D eigenvalue weighted by molar-refractivity contribution is 9.10. The van der Waals surface area contributed by atoms with Crippen molar-refractivity contribution in [1.29, 1.82) is 0 Å². The number of hydrogen-bond donors (Lipinski definition) is 1. The summed E-state index contributed by atoms with van der Waals surface area (Å²) in [6, 6.07) is 10.8. The fraction of sp³-hybridized carbons (Fsp3) is 0.250. The fourth-order valence-corrected chi connectivity index (χ4v) is 2.34. The first-order valence-corrected chi connectivity index (χ1v) is 7.51. The summed E-state index contributed by atoms with van der Waals surface area (Å²) in [6.45, 7) is 4.19. The van der Waals surface area contributed by atoms with Gasteiger partial charge in [-0.2, -0.15) is 0 Å². The van der Waals surface area contributed by atoms with Gasteiger partial charge < -0.3 is 9.88 Å². The van der Waals surface area contributed by atoms with E-state index in [4.69, 9.17) is 0 Å². The summed E-state index contributed by atoms with van der Waals surface area (Å²) in [6.07, 6.45) is 1.60. The molecule has 110 valence electrons. The lowest BCUT2D eigenvalue weighted by molar-refractivity contribution is -0.116. The molecule has 0 fully saturated rings. The molecule has 0 aliphatic carbocycles. The number of nitrogens with one attached hydrogen (secondary N) is 1. The highest BCUT2D eigenvalue weighted by Gasteiger charge is 2.07. The fourth-order valence-electron chi connectivity index (χ4n) is 1.96. The van der Waals surface area contributed by atoms with Crippen LogP contribution < -0.4 is 10.9 Å². The zero-order valence-corrected chi connectivity index (χ0v) is 13.6. The van der Waals surface area contributed by atoms with Crippen LogP contribution in [0.2, 0.25) is 0 Å². The Kier molecular flexibility index (Phi) is 4.96. The van der Waals surface area contributed by atoms with Gasteiger partial charge in [-0.05, 0) is 45.6 Å². The lowest BCUT2D eigenvalue weighted by Gasteiger charge is -2.10. The number of nitrogens with zero attached hydrogens (tertiary/aromatic N) is 1. The van der Waals surface area contributed by atoms with Crippen LogP contribution in [0.4, 0.5) is 5.69 Å². The number of aromatic nitrogens is 1. The molecule has 0 atom stereocenters. The van der Waals surface area contributed by atoms with E-state index >= 15 is 0 Å². The molecular weight excluding hydrogens is 332 g/mol. The summed E-state index contributed by atoms with van der Waals surface area (Å²) >= 11 is 3.29. The van der Waals surface area contributed by atoms with Gasteiger partial charge in [-0.3, -0.25) is 9.59 Å². The predicted octanol–water partition coefficient (Wildman–Crippen LogP) is 3.37. The molecule has 2 rings (SSSR count). The molecule has 1 amide bonds. The largest absolute Gasteiger partial charge is 0.325 e. The number of carbonyl (C=O) groups is 1. The average Bonchev–Trinajstić information content (AvgIpc) is 2.43. The number of pyridine rings is 1. The first kappa shape index (κ1) is 15.5. The van der Waals surface area contributed by atoms with E-state index in [0.29, 0.717) is 5.92 Å². The molecule has 21 heavy (non-hydrogen) atoms. The van der Waals surface area contributed by atoms with Crippen LogP contribution in [0, 0.1) is 0 Å². The molecule has 1 aromatic heterocycles. The van der Waals surface area contributed by atoms with Crippen molar-refractivity contribution in [3.8, 4) is 0 Å². The number of carbonyl (C=O) groups excluding carboxylic acids is 1. The van der Waals surface area contributed by atoms with Crippen molar-refractivity contribution in [2.45, 2.75) is 26.3 Å². The van der Waals surface area contributed by atoms with Crippen LogP contribution in [0.3, 0.4) is 0 Å². The molecule has 1 N–H and O–H groups in total. The number of anilines is 1. The number of hydrogen-bond acceptors (Lipinski definition) is 2. The smallest absolute Gasteiger partial charge is 0.251 e. The number of rotatable bonds is 4. The van der Waals surface area contributed by atoms with Crippen molar-refractivity contribution in [1.82, 2.24) is 4.57 Å². The molecule has 0 saturated carbocycles. The van der Waals surface area contributed by atoms with E-state index in [1.54, 1.807) is 12.3 Å². The molecule has 0 bridgehead atoms. The Morgan fingerprint density at radius 2 is 2.05 bits per heavy atom. The Balaban J connectivity index is 2.10. The Morgan fingerprint density at radius 3 is 2.76 bits per heavy atom. The molecular formula is C16H17BrN2O2. The van der Waals surface area contributed by atoms with Crippen LogP contribution in [0.25, 0.3) is 0 Å². The summed E-state index contributed by atoms with van der Waals surface area (Å²) < 4.78 is 2.13. The Hall–Kier alpha value is -1.88. The van der Waals surface area contributed by atoms with Crippen molar-refractivity contribution in [3.63, 3.8) is 0 Å². The van der Waals surface area contributed by atoms with Crippen LogP contribution in [-0.2, 0) is 11.3 Å². The molecule has 5 heteroatoms. The summed E-state index contributed by atoms with van der Waals surface area (Å²) in [5, 5.41) is 2.82. The first-order chi connectivity index (χ1) is 9.95. The van der Waals surface area contributed by atoms with Crippen molar-refractivity contribution < 1.29 is 4.79 Å². The lowest BCUT2D eigenvalue weighted by Crippen LogP contribution is -2.26. The third kappa shape index (κ3) is 4.29. The van der Waals surface area contributed by atoms with Crippen molar-refractivity contribution in [2.75, 3.05) is 5.32 Å². The van der Waals surface area contributed by atoms with Crippen LogP contribution in [0.15, 0.2) is 51.9 Å². The zero-order chi connectivity index (χ0) is 15.4. The van der Waals surface area contributed by atoms with Gasteiger partial charge in [-0.15, -0.1) is 0 Å². The Bertz CT molecular complexity index is 707. The number of benzene rings is 1. The summed E-state index contributed by atoms with van der Waals surface area (Å²) in [5.41, 5.74) is 1.70. The third-order valence-corrected chi connectivity index (χ3v) is 3.57. The van der Waals surface area contributed by atoms with E-state index in [1.165, 1.54) is 10.6 Å². The molecule has 0 aliphatic heterocycles.